The molecule has 3 fully saturated rings. The maximum atomic E-state index is 12.9. The summed E-state index contributed by atoms with van der Waals surface area (Å²) in [6, 6.07) is 5.61. The predicted molar refractivity (Wildman–Crippen MR) is 105 cm³/mol. The van der Waals surface area contributed by atoms with Crippen molar-refractivity contribution < 1.29 is 9.59 Å². The average molecular weight is 382 g/mol. The number of piperidine rings is 1. The van der Waals surface area contributed by atoms with E-state index in [2.05, 4.69) is 22.8 Å². The molecule has 7 heteroatoms. The second kappa shape index (κ2) is 6.30. The summed E-state index contributed by atoms with van der Waals surface area (Å²) in [6.07, 6.45) is 5.57. The molecule has 7 nitrogen and oxygen atoms in total. The smallest absolute Gasteiger partial charge is 0.316 e. The first kappa shape index (κ1) is 17.7. The van der Waals surface area contributed by atoms with Gasteiger partial charge < -0.3 is 5.32 Å². The Balaban J connectivity index is 1.53. The third-order valence-corrected chi connectivity index (χ3v) is 7.05. The number of nitrogens with one attached hydrogen (secondary N) is 2. The Morgan fingerprint density at radius 1 is 1.11 bits per heavy atom. The van der Waals surface area contributed by atoms with Crippen molar-refractivity contribution in [3.8, 4) is 0 Å². The highest BCUT2D eigenvalue weighted by molar-refractivity contribution is 6.00. The molecule has 3 aliphatic rings. The molecule has 1 aromatic heterocycles. The number of hydrogen-bond donors (Lipinski definition) is 2. The van der Waals surface area contributed by atoms with Gasteiger partial charge in [-0.25, -0.2) is 4.79 Å². The first-order valence-corrected chi connectivity index (χ1v) is 10.2. The van der Waals surface area contributed by atoms with Gasteiger partial charge in [-0.2, -0.15) is 0 Å². The van der Waals surface area contributed by atoms with Gasteiger partial charge in [0.25, 0.3) is 0 Å². The minimum atomic E-state index is -0.626. The highest BCUT2D eigenvalue weighted by Crippen LogP contribution is 2.46. The van der Waals surface area contributed by atoms with E-state index in [0.29, 0.717) is 17.8 Å². The molecule has 148 valence electrons. The maximum absolute atomic E-state index is 12.9. The van der Waals surface area contributed by atoms with E-state index in [1.54, 1.807) is 16.2 Å². The Hall–Kier alpha value is -2.41. The molecule has 1 saturated carbocycles. The van der Waals surface area contributed by atoms with E-state index in [1.165, 1.54) is 31.2 Å². The molecule has 1 aromatic carbocycles. The minimum Gasteiger partial charge on any atom is -0.316 e. The van der Waals surface area contributed by atoms with Crippen molar-refractivity contribution in [1.29, 1.82) is 0 Å². The van der Waals surface area contributed by atoms with E-state index < -0.39 is 6.04 Å². The predicted octanol–water partition coefficient (Wildman–Crippen LogP) is 1.56. The summed E-state index contributed by atoms with van der Waals surface area (Å²) < 4.78 is 3.19. The van der Waals surface area contributed by atoms with Crippen molar-refractivity contribution in [1.82, 2.24) is 19.8 Å². The van der Waals surface area contributed by atoms with Crippen molar-refractivity contribution in [3.05, 3.63) is 34.2 Å². The van der Waals surface area contributed by atoms with Crippen LogP contribution in [0.25, 0.3) is 11.0 Å². The van der Waals surface area contributed by atoms with Crippen LogP contribution >= 0.6 is 0 Å². The van der Waals surface area contributed by atoms with E-state index in [-0.39, 0.29) is 23.9 Å². The van der Waals surface area contributed by atoms with Gasteiger partial charge in [0.05, 0.1) is 11.0 Å². The molecule has 2 aliphatic heterocycles. The Morgan fingerprint density at radius 2 is 1.93 bits per heavy atom. The molecule has 28 heavy (non-hydrogen) atoms. The molecule has 2 N–H and O–H groups in total. The molecule has 3 heterocycles. The summed E-state index contributed by atoms with van der Waals surface area (Å²) in [4.78, 5) is 36.7. The van der Waals surface area contributed by atoms with Gasteiger partial charge in [0.1, 0.15) is 6.04 Å². The Labute approximate surface area is 163 Å². The highest BCUT2D eigenvalue weighted by Gasteiger charge is 2.41. The SMILES string of the molecule is Cn1c(=O)n(C2CCC(=O)NC2=O)c2ccc(C3CCCC4(CNC4)C3)cc21. The summed E-state index contributed by atoms with van der Waals surface area (Å²) >= 11 is 0. The van der Waals surface area contributed by atoms with Crippen LogP contribution in [0.4, 0.5) is 0 Å². The summed E-state index contributed by atoms with van der Waals surface area (Å²) in [5, 5.41) is 5.79. The molecule has 1 spiro atoms. The van der Waals surface area contributed by atoms with Crippen LogP contribution in [-0.2, 0) is 16.6 Å². The molecular formula is C21H26N4O3. The van der Waals surface area contributed by atoms with Crippen LogP contribution < -0.4 is 16.3 Å². The van der Waals surface area contributed by atoms with Crippen molar-refractivity contribution in [3.63, 3.8) is 0 Å². The molecule has 0 bridgehead atoms. The number of aromatic nitrogens is 2. The molecule has 2 unspecified atom stereocenters. The lowest BCUT2D eigenvalue weighted by Gasteiger charge is -2.48. The number of aryl methyl sites for hydroxylation is 1. The fraction of sp³-hybridized carbons (Fsp3) is 0.571. The van der Waals surface area contributed by atoms with Gasteiger partial charge in [-0.15, -0.1) is 0 Å². The van der Waals surface area contributed by atoms with Gasteiger partial charge in [0, 0.05) is 26.6 Å². The van der Waals surface area contributed by atoms with Crippen LogP contribution in [0.2, 0.25) is 0 Å². The van der Waals surface area contributed by atoms with E-state index in [4.69, 9.17) is 0 Å². The van der Waals surface area contributed by atoms with Crippen LogP contribution in [0.5, 0.6) is 0 Å². The maximum Gasteiger partial charge on any atom is 0.329 e. The lowest BCUT2D eigenvalue weighted by Crippen LogP contribution is -2.55. The number of imidazole rings is 1. The number of carbonyl (C=O) groups excluding carboxylic acids is 2. The average Bonchev–Trinajstić information content (AvgIpc) is 2.91. The molecule has 5 rings (SSSR count). The van der Waals surface area contributed by atoms with E-state index in [0.717, 1.165) is 24.1 Å². The number of amides is 2. The van der Waals surface area contributed by atoms with E-state index in [1.807, 2.05) is 6.07 Å². The zero-order valence-electron chi connectivity index (χ0n) is 16.2. The monoisotopic (exact) mass is 382 g/mol. The Kier molecular flexibility index (Phi) is 3.98. The summed E-state index contributed by atoms with van der Waals surface area (Å²) in [5.41, 5.74) is 3.17. The zero-order valence-corrected chi connectivity index (χ0v) is 16.2. The topological polar surface area (TPSA) is 85.1 Å². The largest absolute Gasteiger partial charge is 0.329 e. The van der Waals surface area contributed by atoms with Gasteiger partial charge in [0.2, 0.25) is 11.8 Å². The number of fused-ring (bicyclic) bond motifs is 1. The zero-order chi connectivity index (χ0) is 19.5. The molecule has 2 amide bonds. The Morgan fingerprint density at radius 3 is 2.64 bits per heavy atom. The summed E-state index contributed by atoms with van der Waals surface area (Å²) in [7, 11) is 1.76. The lowest BCUT2D eigenvalue weighted by atomic mass is 9.65. The number of nitrogens with zero attached hydrogens (tertiary/aromatic N) is 2. The number of carbonyl (C=O) groups is 2. The number of hydrogen-bond acceptors (Lipinski definition) is 4. The van der Waals surface area contributed by atoms with Gasteiger partial charge >= 0.3 is 5.69 Å². The third kappa shape index (κ3) is 2.64. The molecule has 0 radical (unpaired) electrons. The van der Waals surface area contributed by atoms with Gasteiger partial charge in [-0.05, 0) is 54.7 Å². The molecule has 2 aromatic rings. The second-order valence-electron chi connectivity index (χ2n) is 8.82. The fourth-order valence-electron chi connectivity index (χ4n) is 5.40. The summed E-state index contributed by atoms with van der Waals surface area (Å²) in [6.45, 7) is 2.24. The first-order valence-electron chi connectivity index (χ1n) is 10.2. The van der Waals surface area contributed by atoms with Gasteiger partial charge in [-0.1, -0.05) is 12.5 Å². The Bertz CT molecular complexity index is 1030. The van der Waals surface area contributed by atoms with Crippen molar-refractivity contribution in [2.75, 3.05) is 13.1 Å². The highest BCUT2D eigenvalue weighted by atomic mass is 16.2. The molecule has 2 atom stereocenters. The van der Waals surface area contributed by atoms with Crippen molar-refractivity contribution in [2.24, 2.45) is 12.5 Å². The lowest BCUT2D eigenvalue weighted by molar-refractivity contribution is -0.135. The van der Waals surface area contributed by atoms with Crippen LogP contribution in [-0.4, -0.2) is 34.0 Å². The fourth-order valence-corrected chi connectivity index (χ4v) is 5.40. The quantitative estimate of drug-likeness (QED) is 0.772. The van der Waals surface area contributed by atoms with Crippen LogP contribution in [0.15, 0.2) is 23.0 Å². The normalized spacial score (nSPS) is 27.0. The van der Waals surface area contributed by atoms with Gasteiger partial charge in [-0.3, -0.25) is 24.0 Å². The van der Waals surface area contributed by atoms with Crippen molar-refractivity contribution >= 4 is 22.8 Å². The van der Waals surface area contributed by atoms with E-state index >= 15 is 0 Å². The molecular weight excluding hydrogens is 356 g/mol. The van der Waals surface area contributed by atoms with Crippen LogP contribution in [0.3, 0.4) is 0 Å². The van der Waals surface area contributed by atoms with Gasteiger partial charge in [0.15, 0.2) is 0 Å². The second-order valence-corrected chi connectivity index (χ2v) is 8.82. The minimum absolute atomic E-state index is 0.204. The van der Waals surface area contributed by atoms with Crippen LogP contribution in [0, 0.1) is 5.41 Å². The number of benzene rings is 1. The molecule has 2 saturated heterocycles. The number of imide groups is 1. The van der Waals surface area contributed by atoms with Crippen LogP contribution in [0.1, 0.15) is 56.0 Å². The summed E-state index contributed by atoms with van der Waals surface area (Å²) in [5.74, 6) is -0.135. The standard InChI is InChI=1S/C21H26N4O3/c1-24-17-9-13(14-3-2-8-21(10-14)11-22-12-21)4-5-15(17)25(20(24)28)16-6-7-18(26)23-19(16)27/h4-5,9,14,16,22H,2-3,6-8,10-12H2,1H3,(H,23,26,27). The molecule has 1 aliphatic carbocycles. The first-order chi connectivity index (χ1) is 13.5. The van der Waals surface area contributed by atoms with Crippen molar-refractivity contribution in [2.45, 2.75) is 50.5 Å². The number of rotatable bonds is 2. The van der Waals surface area contributed by atoms with E-state index in [9.17, 15) is 14.4 Å². The third-order valence-electron chi connectivity index (χ3n) is 7.05.